The molecule has 1 fully saturated rings. The van der Waals surface area contributed by atoms with E-state index in [9.17, 15) is 15.0 Å². The number of hydrogen-bond acceptors (Lipinski definition) is 5. The van der Waals surface area contributed by atoms with E-state index in [1.54, 1.807) is 0 Å². The lowest BCUT2D eigenvalue weighted by Gasteiger charge is -2.14. The highest BCUT2D eigenvalue weighted by Crippen LogP contribution is 2.14. The van der Waals surface area contributed by atoms with Gasteiger partial charge in [-0.05, 0) is 6.42 Å². The van der Waals surface area contributed by atoms with Crippen LogP contribution in [0.4, 0.5) is 0 Å². The highest BCUT2D eigenvalue weighted by Gasteiger charge is 2.35. The smallest absolute Gasteiger partial charge is 0.305 e. The van der Waals surface area contributed by atoms with Crippen molar-refractivity contribution in [1.29, 1.82) is 0 Å². The number of aliphatic hydroxyl groups excluding tert-OH is 2. The average Bonchev–Trinajstić information content (AvgIpc) is 2.58. The SMILES string of the molecule is CCCCCC(=O)OC[C@H]1OC[C@@H](O)[C@@H]1O. The Morgan fingerprint density at radius 2 is 2.19 bits per heavy atom. The minimum Gasteiger partial charge on any atom is -0.463 e. The highest BCUT2D eigenvalue weighted by atomic mass is 16.6. The Hall–Kier alpha value is -0.650. The fourth-order valence-electron chi connectivity index (χ4n) is 1.58. The first-order valence-electron chi connectivity index (χ1n) is 5.78. The molecule has 0 aliphatic carbocycles. The van der Waals surface area contributed by atoms with Crippen LogP contribution in [0.25, 0.3) is 0 Å². The summed E-state index contributed by atoms with van der Waals surface area (Å²) in [6.45, 7) is 2.18. The van der Waals surface area contributed by atoms with Gasteiger partial charge in [0.15, 0.2) is 0 Å². The Morgan fingerprint density at radius 3 is 2.75 bits per heavy atom. The molecule has 0 aromatic carbocycles. The zero-order chi connectivity index (χ0) is 12.0. The third-order valence-electron chi connectivity index (χ3n) is 2.65. The van der Waals surface area contributed by atoms with Gasteiger partial charge in [-0.3, -0.25) is 4.79 Å². The molecular weight excluding hydrogens is 212 g/mol. The number of unbranched alkanes of at least 4 members (excludes halogenated alkanes) is 2. The van der Waals surface area contributed by atoms with E-state index in [1.807, 2.05) is 0 Å². The number of aliphatic hydroxyl groups is 2. The second-order valence-electron chi connectivity index (χ2n) is 4.07. The molecule has 0 saturated carbocycles. The van der Waals surface area contributed by atoms with Gasteiger partial charge in [0.1, 0.15) is 24.9 Å². The standard InChI is InChI=1S/C11H20O5/c1-2-3-4-5-10(13)16-7-9-11(14)8(12)6-15-9/h8-9,11-12,14H,2-7H2,1H3/t8-,9-,11+/m1/s1. The topological polar surface area (TPSA) is 76.0 Å². The summed E-state index contributed by atoms with van der Waals surface area (Å²) in [4.78, 5) is 11.2. The van der Waals surface area contributed by atoms with Gasteiger partial charge >= 0.3 is 5.97 Å². The predicted molar refractivity (Wildman–Crippen MR) is 56.9 cm³/mol. The molecule has 0 aromatic rings. The predicted octanol–water partition coefficient (Wildman–Crippen LogP) is 0.231. The van der Waals surface area contributed by atoms with Crippen molar-refractivity contribution >= 4 is 5.97 Å². The van der Waals surface area contributed by atoms with Crippen LogP contribution >= 0.6 is 0 Å². The second kappa shape index (κ2) is 6.83. The summed E-state index contributed by atoms with van der Waals surface area (Å²) in [5.74, 6) is -0.273. The van der Waals surface area contributed by atoms with Crippen LogP contribution in [0.5, 0.6) is 0 Å². The Kier molecular flexibility index (Phi) is 5.73. The molecule has 1 rings (SSSR count). The first-order valence-corrected chi connectivity index (χ1v) is 5.78. The van der Waals surface area contributed by atoms with Crippen molar-refractivity contribution in [3.05, 3.63) is 0 Å². The summed E-state index contributed by atoms with van der Waals surface area (Å²) < 4.78 is 10.0. The van der Waals surface area contributed by atoms with Crippen molar-refractivity contribution in [2.45, 2.75) is 50.9 Å². The van der Waals surface area contributed by atoms with Crippen LogP contribution in [0, 0.1) is 0 Å². The zero-order valence-corrected chi connectivity index (χ0v) is 9.59. The summed E-state index contributed by atoms with van der Waals surface area (Å²) >= 11 is 0. The fraction of sp³-hybridized carbons (Fsp3) is 0.909. The Bertz CT molecular complexity index is 218. The van der Waals surface area contributed by atoms with Crippen molar-refractivity contribution in [3.8, 4) is 0 Å². The first kappa shape index (κ1) is 13.4. The average molecular weight is 232 g/mol. The van der Waals surface area contributed by atoms with E-state index in [-0.39, 0.29) is 19.2 Å². The molecule has 0 amide bonds. The molecule has 16 heavy (non-hydrogen) atoms. The normalized spacial score (nSPS) is 29.3. The molecule has 5 nitrogen and oxygen atoms in total. The largest absolute Gasteiger partial charge is 0.463 e. The summed E-state index contributed by atoms with van der Waals surface area (Å²) in [5, 5.41) is 18.6. The zero-order valence-electron chi connectivity index (χ0n) is 9.59. The van der Waals surface area contributed by atoms with Gasteiger partial charge < -0.3 is 19.7 Å². The van der Waals surface area contributed by atoms with Crippen molar-refractivity contribution in [2.24, 2.45) is 0 Å². The van der Waals surface area contributed by atoms with Gasteiger partial charge in [0.05, 0.1) is 6.61 Å². The van der Waals surface area contributed by atoms with E-state index in [4.69, 9.17) is 9.47 Å². The lowest BCUT2D eigenvalue weighted by Crippen LogP contribution is -2.33. The van der Waals surface area contributed by atoms with Gasteiger partial charge in [-0.15, -0.1) is 0 Å². The Morgan fingerprint density at radius 1 is 1.44 bits per heavy atom. The van der Waals surface area contributed by atoms with Gasteiger partial charge in [0.2, 0.25) is 0 Å². The second-order valence-corrected chi connectivity index (χ2v) is 4.07. The number of rotatable bonds is 6. The lowest BCUT2D eigenvalue weighted by molar-refractivity contribution is -0.148. The summed E-state index contributed by atoms with van der Waals surface area (Å²) in [7, 11) is 0. The molecule has 2 N–H and O–H groups in total. The van der Waals surface area contributed by atoms with E-state index in [0.29, 0.717) is 6.42 Å². The van der Waals surface area contributed by atoms with Crippen molar-refractivity contribution in [3.63, 3.8) is 0 Å². The highest BCUT2D eigenvalue weighted by molar-refractivity contribution is 5.69. The van der Waals surface area contributed by atoms with Gasteiger partial charge in [-0.25, -0.2) is 0 Å². The minimum atomic E-state index is -0.955. The molecule has 0 bridgehead atoms. The third-order valence-corrected chi connectivity index (χ3v) is 2.65. The molecule has 1 heterocycles. The Balaban J connectivity index is 2.12. The van der Waals surface area contributed by atoms with Crippen LogP contribution in [0.1, 0.15) is 32.6 Å². The van der Waals surface area contributed by atoms with E-state index in [0.717, 1.165) is 19.3 Å². The number of carbonyl (C=O) groups is 1. The minimum absolute atomic E-state index is 0.0170. The van der Waals surface area contributed by atoms with Crippen LogP contribution in [0.2, 0.25) is 0 Å². The molecule has 0 aromatic heterocycles. The van der Waals surface area contributed by atoms with Crippen molar-refractivity contribution < 1.29 is 24.5 Å². The van der Waals surface area contributed by atoms with E-state index >= 15 is 0 Å². The number of hydrogen-bond donors (Lipinski definition) is 2. The number of ether oxygens (including phenoxy) is 2. The van der Waals surface area contributed by atoms with Gasteiger partial charge in [0, 0.05) is 6.42 Å². The van der Waals surface area contributed by atoms with Gasteiger partial charge in [-0.1, -0.05) is 19.8 Å². The molecule has 0 radical (unpaired) electrons. The molecule has 0 spiro atoms. The lowest BCUT2D eigenvalue weighted by atomic mass is 10.1. The van der Waals surface area contributed by atoms with Crippen LogP contribution in [0.15, 0.2) is 0 Å². The molecule has 5 heteroatoms. The number of esters is 1. The maximum absolute atomic E-state index is 11.2. The quantitative estimate of drug-likeness (QED) is 0.506. The monoisotopic (exact) mass is 232 g/mol. The van der Waals surface area contributed by atoms with Crippen LogP contribution in [-0.2, 0) is 14.3 Å². The maximum Gasteiger partial charge on any atom is 0.305 e. The summed E-state index contributed by atoms with van der Waals surface area (Å²) in [5.41, 5.74) is 0. The molecule has 0 unspecified atom stereocenters. The molecule has 94 valence electrons. The van der Waals surface area contributed by atoms with E-state index in [2.05, 4.69) is 6.92 Å². The number of carbonyl (C=O) groups excluding carboxylic acids is 1. The van der Waals surface area contributed by atoms with E-state index < -0.39 is 18.3 Å². The summed E-state index contributed by atoms with van der Waals surface area (Å²) in [6, 6.07) is 0. The van der Waals surface area contributed by atoms with Crippen LogP contribution < -0.4 is 0 Å². The first-order chi connectivity index (χ1) is 7.65. The third kappa shape index (κ3) is 4.08. The van der Waals surface area contributed by atoms with E-state index in [1.165, 1.54) is 0 Å². The van der Waals surface area contributed by atoms with Crippen molar-refractivity contribution in [2.75, 3.05) is 13.2 Å². The van der Waals surface area contributed by atoms with Crippen LogP contribution in [-0.4, -0.2) is 47.7 Å². The summed E-state index contributed by atoms with van der Waals surface area (Å²) in [6.07, 6.45) is 0.878. The maximum atomic E-state index is 11.2. The van der Waals surface area contributed by atoms with Gasteiger partial charge in [-0.2, -0.15) is 0 Å². The van der Waals surface area contributed by atoms with Crippen molar-refractivity contribution in [1.82, 2.24) is 0 Å². The molecule has 1 aliphatic rings. The molecular formula is C11H20O5. The molecule has 3 atom stereocenters. The molecule has 1 saturated heterocycles. The molecule has 1 aliphatic heterocycles. The fourth-order valence-corrected chi connectivity index (χ4v) is 1.58. The van der Waals surface area contributed by atoms with Gasteiger partial charge in [0.25, 0.3) is 0 Å². The Labute approximate surface area is 95.4 Å². The van der Waals surface area contributed by atoms with Crippen LogP contribution in [0.3, 0.4) is 0 Å².